The Balaban J connectivity index is 2.12. The van der Waals surface area contributed by atoms with Crippen LogP contribution in [0.4, 0.5) is 11.4 Å². The van der Waals surface area contributed by atoms with Crippen molar-refractivity contribution < 1.29 is 32.3 Å². The number of sulfonamides is 1. The highest BCUT2D eigenvalue weighted by Gasteiger charge is 2.36. The van der Waals surface area contributed by atoms with Crippen LogP contribution in [-0.2, 0) is 16.4 Å². The summed E-state index contributed by atoms with van der Waals surface area (Å²) in [6, 6.07) is 5.69. The second-order valence-electron chi connectivity index (χ2n) is 7.08. The normalized spacial score (nSPS) is 13.1. The number of nitrogens with zero attached hydrogens (tertiary/aromatic N) is 3. The number of fused-ring (bicyclic) bond motifs is 1. The first-order valence-corrected chi connectivity index (χ1v) is 10.9. The van der Waals surface area contributed by atoms with Crippen LogP contribution >= 0.6 is 0 Å². The van der Waals surface area contributed by atoms with Gasteiger partial charge in [-0.3, -0.25) is 14.9 Å². The lowest BCUT2D eigenvalue weighted by molar-refractivity contribution is -0.386. The third-order valence-corrected chi connectivity index (χ3v) is 7.00. The van der Waals surface area contributed by atoms with Crippen LogP contribution in [0, 0.1) is 10.1 Å². The molecule has 0 N–H and O–H groups in total. The van der Waals surface area contributed by atoms with Crippen LogP contribution in [0.5, 0.6) is 17.2 Å². The Kier molecular flexibility index (Phi) is 6.28. The van der Waals surface area contributed by atoms with Gasteiger partial charge in [0.15, 0.2) is 5.75 Å². The molecule has 0 bridgehead atoms. The standard InChI is InChI=1S/C20H23N3O8S/c1-21(2)32(27,28)13-6-7-15-12(10-13)8-9-22(15)20(24)14-11-16(29-3)18(30-4)19(31-5)17(14)23(25)26/h6-7,10-11H,8-9H2,1-5H3. The number of ether oxygens (including phenoxy) is 3. The molecule has 1 aliphatic rings. The predicted octanol–water partition coefficient (Wildman–Crippen LogP) is 2.07. The van der Waals surface area contributed by atoms with Gasteiger partial charge >= 0.3 is 5.69 Å². The summed E-state index contributed by atoms with van der Waals surface area (Å²) in [7, 11) is 3.11. The van der Waals surface area contributed by atoms with Gasteiger partial charge in [0, 0.05) is 32.4 Å². The third-order valence-electron chi connectivity index (χ3n) is 5.19. The first kappa shape index (κ1) is 23.3. The van der Waals surface area contributed by atoms with Crippen molar-refractivity contribution in [1.29, 1.82) is 0 Å². The van der Waals surface area contributed by atoms with Gasteiger partial charge in [-0.15, -0.1) is 0 Å². The molecule has 0 spiro atoms. The molecule has 0 aliphatic carbocycles. The quantitative estimate of drug-likeness (QED) is 0.449. The maximum atomic E-state index is 13.4. The number of amides is 1. The minimum absolute atomic E-state index is 0.00129. The number of nitro groups is 1. The molecule has 0 fully saturated rings. The number of carbonyl (C=O) groups is 1. The molecule has 0 radical (unpaired) electrons. The molecule has 12 heteroatoms. The van der Waals surface area contributed by atoms with Crippen LogP contribution < -0.4 is 19.1 Å². The second-order valence-corrected chi connectivity index (χ2v) is 9.24. The van der Waals surface area contributed by atoms with Crippen LogP contribution in [0.2, 0.25) is 0 Å². The Labute approximate surface area is 185 Å². The molecule has 2 aromatic carbocycles. The summed E-state index contributed by atoms with van der Waals surface area (Å²) in [6.45, 7) is 0.230. The number of nitro benzene ring substituents is 1. The van der Waals surface area contributed by atoms with Gasteiger partial charge in [-0.1, -0.05) is 0 Å². The van der Waals surface area contributed by atoms with E-state index in [0.717, 1.165) is 4.31 Å². The summed E-state index contributed by atoms with van der Waals surface area (Å²) in [5.41, 5.74) is 0.352. The molecule has 0 atom stereocenters. The van der Waals surface area contributed by atoms with Crippen LogP contribution in [-0.4, -0.2) is 65.5 Å². The van der Waals surface area contributed by atoms with Crippen LogP contribution in [0.25, 0.3) is 0 Å². The monoisotopic (exact) mass is 465 g/mol. The zero-order chi connectivity index (χ0) is 23.8. The van der Waals surface area contributed by atoms with Crippen molar-refractivity contribution in [2.45, 2.75) is 11.3 Å². The molecule has 1 heterocycles. The topological polar surface area (TPSA) is 129 Å². The minimum atomic E-state index is -3.64. The van der Waals surface area contributed by atoms with Crippen molar-refractivity contribution in [3.8, 4) is 17.2 Å². The molecule has 0 saturated carbocycles. The Morgan fingerprint density at radius 2 is 1.75 bits per heavy atom. The van der Waals surface area contributed by atoms with E-state index in [9.17, 15) is 23.3 Å². The maximum absolute atomic E-state index is 13.4. The van der Waals surface area contributed by atoms with Crippen LogP contribution in [0.15, 0.2) is 29.2 Å². The lowest BCUT2D eigenvalue weighted by Gasteiger charge is -2.20. The maximum Gasteiger partial charge on any atom is 0.327 e. The van der Waals surface area contributed by atoms with Crippen molar-refractivity contribution in [2.24, 2.45) is 0 Å². The minimum Gasteiger partial charge on any atom is -0.493 e. The van der Waals surface area contributed by atoms with Gasteiger partial charge in [-0.2, -0.15) is 0 Å². The Bertz CT molecular complexity index is 1190. The number of methoxy groups -OCH3 is 3. The molecule has 0 saturated heterocycles. The number of hydrogen-bond acceptors (Lipinski definition) is 8. The Hall–Kier alpha value is -3.38. The molecular weight excluding hydrogens is 442 g/mol. The fraction of sp³-hybridized carbons (Fsp3) is 0.350. The zero-order valence-electron chi connectivity index (χ0n) is 18.2. The second kappa shape index (κ2) is 8.63. The average Bonchev–Trinajstić information content (AvgIpc) is 3.19. The molecule has 172 valence electrons. The van der Waals surface area contributed by atoms with Crippen molar-refractivity contribution in [3.63, 3.8) is 0 Å². The van der Waals surface area contributed by atoms with Crippen molar-refractivity contribution in [1.82, 2.24) is 4.31 Å². The fourth-order valence-electron chi connectivity index (χ4n) is 3.59. The van der Waals surface area contributed by atoms with Gasteiger partial charge in [0.25, 0.3) is 5.91 Å². The van der Waals surface area contributed by atoms with E-state index in [1.165, 1.54) is 64.6 Å². The summed E-state index contributed by atoms with van der Waals surface area (Å²) in [4.78, 5) is 26.0. The molecule has 0 unspecified atom stereocenters. The highest BCUT2D eigenvalue weighted by Crippen LogP contribution is 2.47. The Morgan fingerprint density at radius 3 is 2.28 bits per heavy atom. The molecule has 0 aromatic heterocycles. The van der Waals surface area contributed by atoms with Gasteiger partial charge in [0.05, 0.1) is 31.1 Å². The summed E-state index contributed by atoms with van der Waals surface area (Å²) in [6.07, 6.45) is 0.399. The zero-order valence-corrected chi connectivity index (χ0v) is 19.1. The van der Waals surface area contributed by atoms with Gasteiger partial charge in [0.2, 0.25) is 21.5 Å². The van der Waals surface area contributed by atoms with Gasteiger partial charge in [-0.25, -0.2) is 12.7 Å². The molecule has 3 rings (SSSR count). The van der Waals surface area contributed by atoms with Crippen LogP contribution in [0.1, 0.15) is 15.9 Å². The van der Waals surface area contributed by atoms with E-state index in [0.29, 0.717) is 17.7 Å². The third kappa shape index (κ3) is 3.71. The van der Waals surface area contributed by atoms with E-state index in [1.807, 2.05) is 0 Å². The highest BCUT2D eigenvalue weighted by molar-refractivity contribution is 7.89. The number of benzene rings is 2. The smallest absolute Gasteiger partial charge is 0.327 e. The van der Waals surface area contributed by atoms with Crippen LogP contribution in [0.3, 0.4) is 0 Å². The molecule has 11 nitrogen and oxygen atoms in total. The van der Waals surface area contributed by atoms with Gasteiger partial charge in [-0.05, 0) is 30.2 Å². The average molecular weight is 465 g/mol. The van der Waals surface area contributed by atoms with E-state index < -0.39 is 26.5 Å². The first-order chi connectivity index (χ1) is 15.1. The predicted molar refractivity (Wildman–Crippen MR) is 115 cm³/mol. The summed E-state index contributed by atoms with van der Waals surface area (Å²) in [5, 5.41) is 11.8. The van der Waals surface area contributed by atoms with E-state index in [2.05, 4.69) is 0 Å². The molecule has 1 aliphatic heterocycles. The van der Waals surface area contributed by atoms with E-state index in [4.69, 9.17) is 14.2 Å². The summed E-state index contributed by atoms with van der Waals surface area (Å²) < 4.78 is 41.6. The van der Waals surface area contributed by atoms with E-state index in [-0.39, 0.29) is 34.3 Å². The summed E-state index contributed by atoms with van der Waals surface area (Å²) >= 11 is 0. The number of carbonyl (C=O) groups excluding carboxylic acids is 1. The number of hydrogen-bond donors (Lipinski definition) is 0. The molecule has 1 amide bonds. The van der Waals surface area contributed by atoms with Gasteiger partial charge in [0.1, 0.15) is 5.56 Å². The highest BCUT2D eigenvalue weighted by atomic mass is 32.2. The molecule has 2 aromatic rings. The summed E-state index contributed by atoms with van der Waals surface area (Å²) in [5.74, 6) is -0.770. The lowest BCUT2D eigenvalue weighted by Crippen LogP contribution is -2.29. The Morgan fingerprint density at radius 1 is 1.09 bits per heavy atom. The number of anilines is 1. The fourth-order valence-corrected chi connectivity index (χ4v) is 4.54. The number of rotatable bonds is 7. The molecular formula is C20H23N3O8S. The van der Waals surface area contributed by atoms with Crippen molar-refractivity contribution in [2.75, 3.05) is 46.9 Å². The van der Waals surface area contributed by atoms with E-state index in [1.54, 1.807) is 0 Å². The molecule has 32 heavy (non-hydrogen) atoms. The SMILES string of the molecule is COc1cc(C(=O)N2CCc3cc(S(=O)(=O)N(C)C)ccc32)c([N+](=O)[O-])c(OC)c1OC. The largest absolute Gasteiger partial charge is 0.493 e. The lowest BCUT2D eigenvalue weighted by atomic mass is 10.1. The first-order valence-electron chi connectivity index (χ1n) is 9.43. The van der Waals surface area contributed by atoms with Crippen molar-refractivity contribution in [3.05, 3.63) is 45.5 Å². The van der Waals surface area contributed by atoms with E-state index >= 15 is 0 Å². The van der Waals surface area contributed by atoms with Crippen molar-refractivity contribution >= 4 is 27.3 Å². The van der Waals surface area contributed by atoms with Gasteiger partial charge < -0.3 is 19.1 Å².